The van der Waals surface area contributed by atoms with Crippen molar-refractivity contribution in [3.05, 3.63) is 99.6 Å². The van der Waals surface area contributed by atoms with Crippen LogP contribution in [0.3, 0.4) is 0 Å². The number of methoxy groups -OCH3 is 1. The monoisotopic (exact) mass is 490 g/mol. The summed E-state index contributed by atoms with van der Waals surface area (Å²) in [6.45, 7) is -0.483. The van der Waals surface area contributed by atoms with Gasteiger partial charge in [-0.1, -0.05) is 48.5 Å². The average Bonchev–Trinajstić information content (AvgIpc) is 3.22. The van der Waals surface area contributed by atoms with Crippen LogP contribution in [0.2, 0.25) is 0 Å². The van der Waals surface area contributed by atoms with Gasteiger partial charge in [0, 0.05) is 18.1 Å². The minimum absolute atomic E-state index is 0.0380. The second-order valence-corrected chi connectivity index (χ2v) is 7.95. The number of nitrogens with one attached hydrogen (secondary N) is 1. The summed E-state index contributed by atoms with van der Waals surface area (Å²) in [6.07, 6.45) is -0.876. The van der Waals surface area contributed by atoms with Gasteiger partial charge in [0.05, 0.1) is 17.6 Å². The molecule has 1 atom stereocenters. The number of nitro groups is 1. The molecule has 1 N–H and O–H groups in total. The molecular weight excluding hydrogens is 468 g/mol. The van der Waals surface area contributed by atoms with Crippen molar-refractivity contribution < 1.29 is 33.5 Å². The number of hydrogen-bond acceptors (Lipinski definition) is 8. The first-order valence-electron chi connectivity index (χ1n) is 11.0. The molecule has 0 saturated carbocycles. The number of rotatable bonds is 8. The molecule has 0 bridgehead atoms. The molecule has 0 heterocycles. The molecule has 0 unspecified atom stereocenters. The Balaban J connectivity index is 1.37. The molecule has 0 spiro atoms. The third kappa shape index (κ3) is 5.17. The molecule has 0 radical (unpaired) electrons. The zero-order chi connectivity index (χ0) is 25.7. The van der Waals surface area contributed by atoms with Gasteiger partial charge >= 0.3 is 18.0 Å². The Morgan fingerprint density at radius 2 is 1.50 bits per heavy atom. The lowest BCUT2D eigenvalue weighted by atomic mass is 9.98. The summed E-state index contributed by atoms with van der Waals surface area (Å²) in [6, 6.07) is 19.2. The number of carbonyl (C=O) groups is 3. The Morgan fingerprint density at radius 3 is 2.06 bits per heavy atom. The van der Waals surface area contributed by atoms with E-state index in [4.69, 9.17) is 9.47 Å². The van der Waals surface area contributed by atoms with E-state index < -0.39 is 35.6 Å². The number of nitro benzene ring substituents is 1. The third-order valence-electron chi connectivity index (χ3n) is 5.82. The van der Waals surface area contributed by atoms with Gasteiger partial charge in [0.2, 0.25) is 0 Å². The Bertz CT molecular complexity index is 1260. The number of nitrogens with zero attached hydrogens (tertiary/aromatic N) is 1. The van der Waals surface area contributed by atoms with Crippen molar-refractivity contribution in [2.45, 2.75) is 12.0 Å². The topological polar surface area (TPSA) is 134 Å². The SMILES string of the molecule is COC(=O)[C@H](COC(=O)c1ccc([N+](=O)[O-])cc1)NC(=O)OCC1c2ccccc2-c2ccccc21. The van der Waals surface area contributed by atoms with Crippen LogP contribution in [0.4, 0.5) is 10.5 Å². The van der Waals surface area contributed by atoms with Crippen molar-refractivity contribution in [1.82, 2.24) is 5.32 Å². The number of ether oxygens (including phenoxy) is 3. The molecule has 1 amide bonds. The van der Waals surface area contributed by atoms with E-state index in [1.807, 2.05) is 48.5 Å². The van der Waals surface area contributed by atoms with Crippen molar-refractivity contribution in [2.24, 2.45) is 0 Å². The summed E-state index contributed by atoms with van der Waals surface area (Å²) in [5.41, 5.74) is 4.09. The van der Waals surface area contributed by atoms with Crippen LogP contribution in [0.25, 0.3) is 11.1 Å². The Labute approximate surface area is 205 Å². The summed E-state index contributed by atoms with van der Waals surface area (Å²) in [7, 11) is 1.13. The van der Waals surface area contributed by atoms with Crippen LogP contribution in [-0.2, 0) is 19.0 Å². The number of fused-ring (bicyclic) bond motifs is 3. The molecule has 3 aromatic carbocycles. The second-order valence-electron chi connectivity index (χ2n) is 7.95. The molecule has 1 aliphatic carbocycles. The number of alkyl carbamates (subject to hydrolysis) is 1. The number of hydrogen-bond donors (Lipinski definition) is 1. The maximum Gasteiger partial charge on any atom is 0.407 e. The van der Waals surface area contributed by atoms with Crippen LogP contribution < -0.4 is 5.32 Å². The van der Waals surface area contributed by atoms with E-state index in [1.165, 1.54) is 12.1 Å². The molecule has 36 heavy (non-hydrogen) atoms. The number of benzene rings is 3. The van der Waals surface area contributed by atoms with Gasteiger partial charge in [-0.05, 0) is 34.4 Å². The van der Waals surface area contributed by atoms with Gasteiger partial charge in [0.25, 0.3) is 5.69 Å². The summed E-state index contributed by atoms with van der Waals surface area (Å²) >= 11 is 0. The third-order valence-corrected chi connectivity index (χ3v) is 5.82. The second kappa shape index (κ2) is 10.7. The molecule has 4 rings (SSSR count). The summed E-state index contributed by atoms with van der Waals surface area (Å²) in [5, 5.41) is 13.1. The first-order valence-corrected chi connectivity index (χ1v) is 11.0. The van der Waals surface area contributed by atoms with E-state index >= 15 is 0 Å². The summed E-state index contributed by atoms with van der Waals surface area (Å²) < 4.78 is 15.2. The minimum Gasteiger partial charge on any atom is -0.467 e. The highest BCUT2D eigenvalue weighted by atomic mass is 16.6. The van der Waals surface area contributed by atoms with Crippen molar-refractivity contribution in [1.29, 1.82) is 0 Å². The lowest BCUT2D eigenvalue weighted by Crippen LogP contribution is -2.45. The van der Waals surface area contributed by atoms with Gasteiger partial charge in [-0.2, -0.15) is 0 Å². The maximum atomic E-state index is 12.5. The van der Waals surface area contributed by atoms with Gasteiger partial charge in [-0.25, -0.2) is 14.4 Å². The fourth-order valence-electron chi connectivity index (χ4n) is 4.05. The first kappa shape index (κ1) is 24.4. The summed E-state index contributed by atoms with van der Waals surface area (Å²) in [5.74, 6) is -1.83. The molecule has 1 aliphatic rings. The molecule has 0 aromatic heterocycles. The van der Waals surface area contributed by atoms with Gasteiger partial charge in [-0.15, -0.1) is 0 Å². The first-order chi connectivity index (χ1) is 17.4. The Hall–Kier alpha value is -4.73. The van der Waals surface area contributed by atoms with Gasteiger partial charge < -0.3 is 19.5 Å². The minimum atomic E-state index is -1.31. The van der Waals surface area contributed by atoms with E-state index in [2.05, 4.69) is 10.1 Å². The highest BCUT2D eigenvalue weighted by molar-refractivity contribution is 5.90. The molecule has 0 saturated heterocycles. The van der Waals surface area contributed by atoms with Crippen LogP contribution in [0.5, 0.6) is 0 Å². The van der Waals surface area contributed by atoms with Crippen molar-refractivity contribution in [2.75, 3.05) is 20.3 Å². The van der Waals surface area contributed by atoms with Crippen LogP contribution in [0.15, 0.2) is 72.8 Å². The molecule has 3 aromatic rings. The maximum absolute atomic E-state index is 12.5. The number of esters is 2. The fraction of sp³-hybridized carbons (Fsp3) is 0.192. The highest BCUT2D eigenvalue weighted by Gasteiger charge is 2.30. The Kier molecular flexibility index (Phi) is 7.24. The molecule has 10 heteroatoms. The zero-order valence-electron chi connectivity index (χ0n) is 19.2. The zero-order valence-corrected chi connectivity index (χ0v) is 19.2. The molecule has 0 aliphatic heterocycles. The average molecular weight is 490 g/mol. The van der Waals surface area contributed by atoms with Crippen LogP contribution in [-0.4, -0.2) is 49.3 Å². The lowest BCUT2D eigenvalue weighted by molar-refractivity contribution is -0.384. The van der Waals surface area contributed by atoms with Gasteiger partial charge in [-0.3, -0.25) is 10.1 Å². The largest absolute Gasteiger partial charge is 0.467 e. The van der Waals surface area contributed by atoms with Crippen molar-refractivity contribution in [3.8, 4) is 11.1 Å². The van der Waals surface area contributed by atoms with Crippen LogP contribution in [0, 0.1) is 10.1 Å². The lowest BCUT2D eigenvalue weighted by Gasteiger charge is -2.18. The van der Waals surface area contributed by atoms with E-state index in [9.17, 15) is 24.5 Å². The molecule has 184 valence electrons. The van der Waals surface area contributed by atoms with E-state index in [-0.39, 0.29) is 23.8 Å². The number of carbonyl (C=O) groups excluding carboxylic acids is 3. The smallest absolute Gasteiger partial charge is 0.407 e. The fourth-order valence-corrected chi connectivity index (χ4v) is 4.05. The van der Waals surface area contributed by atoms with Gasteiger partial charge in [0.15, 0.2) is 6.04 Å². The van der Waals surface area contributed by atoms with E-state index in [1.54, 1.807) is 0 Å². The normalized spacial score (nSPS) is 12.6. The van der Waals surface area contributed by atoms with Gasteiger partial charge in [0.1, 0.15) is 13.2 Å². The van der Waals surface area contributed by atoms with Crippen LogP contribution in [0.1, 0.15) is 27.4 Å². The Morgan fingerprint density at radius 1 is 0.917 bits per heavy atom. The van der Waals surface area contributed by atoms with E-state index in [0.717, 1.165) is 41.5 Å². The highest BCUT2D eigenvalue weighted by Crippen LogP contribution is 2.44. The quantitative estimate of drug-likeness (QED) is 0.218. The molecule has 10 nitrogen and oxygen atoms in total. The number of amides is 1. The number of non-ortho nitro benzene ring substituents is 1. The molecular formula is C26H22N2O8. The summed E-state index contributed by atoms with van der Waals surface area (Å²) in [4.78, 5) is 47.1. The van der Waals surface area contributed by atoms with E-state index in [0.29, 0.717) is 0 Å². The standard InChI is InChI=1S/C26H22N2O8/c1-34-25(30)23(15-35-24(29)16-10-12-17(13-11-16)28(32)33)27-26(31)36-14-22-20-8-4-2-6-18(20)19-7-3-5-9-21(19)22/h2-13,22-23H,14-15H2,1H3,(H,27,31)/t23-/m0/s1. The van der Waals surface area contributed by atoms with Crippen LogP contribution >= 0.6 is 0 Å². The van der Waals surface area contributed by atoms with Crippen molar-refractivity contribution >= 4 is 23.7 Å². The predicted molar refractivity (Wildman–Crippen MR) is 127 cm³/mol. The predicted octanol–water partition coefficient (Wildman–Crippen LogP) is 3.83. The molecule has 0 fully saturated rings. The van der Waals surface area contributed by atoms with Crippen molar-refractivity contribution in [3.63, 3.8) is 0 Å².